The van der Waals surface area contributed by atoms with Gasteiger partial charge < -0.3 is 19.3 Å². The fourth-order valence-electron chi connectivity index (χ4n) is 6.36. The third-order valence-electron chi connectivity index (χ3n) is 8.49. The topological polar surface area (TPSA) is 42.0 Å². The normalized spacial score (nSPS) is 26.8. The van der Waals surface area contributed by atoms with Crippen molar-refractivity contribution in [3.8, 4) is 0 Å². The van der Waals surface area contributed by atoms with Crippen LogP contribution in [-0.4, -0.2) is 74.1 Å². The zero-order chi connectivity index (χ0) is 26.1. The Morgan fingerprint density at radius 3 is 2.45 bits per heavy atom. The number of alkyl halides is 1. The van der Waals surface area contributed by atoms with Crippen molar-refractivity contribution in [2.75, 3.05) is 46.0 Å². The van der Waals surface area contributed by atoms with Crippen LogP contribution in [0, 0.1) is 17.7 Å². The number of likely N-dealkylation sites (tertiary alicyclic amines) is 2. The number of benzene rings is 3. The fraction of sp³-hybridized carbons (Fsp3) is 0.452. The lowest BCUT2D eigenvalue weighted by atomic mass is 9.88. The van der Waals surface area contributed by atoms with Crippen LogP contribution in [0.1, 0.15) is 34.7 Å². The van der Waals surface area contributed by atoms with Gasteiger partial charge in [0.1, 0.15) is 18.6 Å². The van der Waals surface area contributed by atoms with Crippen LogP contribution in [0.15, 0.2) is 66.7 Å². The first-order valence-electron chi connectivity index (χ1n) is 13.7. The largest absolute Gasteiger partial charge is 0.349 e. The molecule has 0 radical (unpaired) electrons. The van der Waals surface area contributed by atoms with Gasteiger partial charge in [-0.2, -0.15) is 0 Å². The van der Waals surface area contributed by atoms with Gasteiger partial charge in [0.2, 0.25) is 0 Å². The number of amides is 1. The zero-order valence-corrected chi connectivity index (χ0v) is 21.5. The van der Waals surface area contributed by atoms with Crippen molar-refractivity contribution >= 4 is 16.7 Å². The predicted molar refractivity (Wildman–Crippen MR) is 142 cm³/mol. The molecule has 5 nitrogen and oxygen atoms in total. The highest BCUT2D eigenvalue weighted by Crippen LogP contribution is 2.35. The number of carbonyl (C=O) groups excluding carboxylic acids is 1. The third-order valence-corrected chi connectivity index (χ3v) is 8.49. The van der Waals surface area contributed by atoms with E-state index in [1.165, 1.54) is 17.7 Å². The van der Waals surface area contributed by atoms with Crippen LogP contribution >= 0.6 is 0 Å². The molecular weight excluding hydrogens is 486 g/mol. The maximum absolute atomic E-state index is 13.6. The van der Waals surface area contributed by atoms with Crippen LogP contribution in [-0.2, 0) is 9.47 Å². The summed E-state index contributed by atoms with van der Waals surface area (Å²) in [5, 5.41) is 2.15. The van der Waals surface area contributed by atoms with E-state index >= 15 is 0 Å². The molecule has 6 rings (SSSR count). The Labute approximate surface area is 222 Å². The molecule has 3 aliphatic heterocycles. The van der Waals surface area contributed by atoms with Crippen molar-refractivity contribution in [3.63, 3.8) is 0 Å². The summed E-state index contributed by atoms with van der Waals surface area (Å²) in [6.45, 7) is 3.58. The number of ether oxygens (including phenoxy) is 2. The van der Waals surface area contributed by atoms with Crippen molar-refractivity contribution in [1.29, 1.82) is 0 Å². The number of rotatable bonds is 6. The lowest BCUT2D eigenvalue weighted by molar-refractivity contribution is -0.106. The molecule has 3 fully saturated rings. The molecule has 200 valence electrons. The highest BCUT2D eigenvalue weighted by Gasteiger charge is 2.45. The molecule has 38 heavy (non-hydrogen) atoms. The van der Waals surface area contributed by atoms with Crippen molar-refractivity contribution in [2.45, 2.75) is 31.2 Å². The smallest absolute Gasteiger partial charge is 0.253 e. The maximum Gasteiger partial charge on any atom is 0.253 e. The number of hydrogen-bond donors (Lipinski definition) is 0. The van der Waals surface area contributed by atoms with Gasteiger partial charge in [-0.3, -0.25) is 4.79 Å². The third kappa shape index (κ3) is 5.33. The molecule has 0 N–H and O–H groups in total. The summed E-state index contributed by atoms with van der Waals surface area (Å²) < 4.78 is 38.4. The molecule has 0 saturated carbocycles. The molecule has 0 aliphatic carbocycles. The van der Waals surface area contributed by atoms with Crippen molar-refractivity contribution in [2.24, 2.45) is 11.8 Å². The van der Waals surface area contributed by atoms with E-state index < -0.39 is 19.1 Å². The van der Waals surface area contributed by atoms with E-state index in [-0.39, 0.29) is 30.2 Å². The monoisotopic (exact) mass is 520 g/mol. The van der Waals surface area contributed by atoms with Crippen LogP contribution in [0.25, 0.3) is 10.8 Å². The second-order valence-electron chi connectivity index (χ2n) is 10.9. The van der Waals surface area contributed by atoms with Gasteiger partial charge in [0, 0.05) is 31.1 Å². The van der Waals surface area contributed by atoms with Crippen LogP contribution in [0.2, 0.25) is 0 Å². The minimum Gasteiger partial charge on any atom is -0.349 e. The van der Waals surface area contributed by atoms with E-state index in [9.17, 15) is 13.6 Å². The second-order valence-corrected chi connectivity index (χ2v) is 10.9. The lowest BCUT2D eigenvalue weighted by Gasteiger charge is -2.35. The van der Waals surface area contributed by atoms with Gasteiger partial charge in [-0.1, -0.05) is 42.5 Å². The minimum atomic E-state index is -0.565. The molecule has 3 saturated heterocycles. The van der Waals surface area contributed by atoms with E-state index in [0.717, 1.165) is 43.2 Å². The van der Waals surface area contributed by atoms with Crippen LogP contribution in [0.4, 0.5) is 8.78 Å². The molecule has 0 bridgehead atoms. The summed E-state index contributed by atoms with van der Waals surface area (Å²) >= 11 is 0. The number of fused-ring (bicyclic) bond motifs is 1. The van der Waals surface area contributed by atoms with E-state index in [1.54, 1.807) is 0 Å². The highest BCUT2D eigenvalue weighted by atomic mass is 19.1. The minimum absolute atomic E-state index is 0.00854. The first-order valence-corrected chi connectivity index (χ1v) is 13.7. The molecule has 3 aromatic rings. The van der Waals surface area contributed by atoms with Crippen LogP contribution < -0.4 is 0 Å². The number of halogens is 2. The highest BCUT2D eigenvalue weighted by molar-refractivity contribution is 5.98. The van der Waals surface area contributed by atoms with Crippen molar-refractivity contribution in [3.05, 3.63) is 83.7 Å². The molecule has 4 atom stereocenters. The number of hydrogen-bond acceptors (Lipinski definition) is 4. The SMILES string of the molecule is O=C(c1ccc2ccccc2c1)N1CC(CN2CCC(c3ccc(F)cc3)CC2)C(C2OCC(CF)O2)C1. The first-order chi connectivity index (χ1) is 18.6. The van der Waals surface area contributed by atoms with Gasteiger partial charge in [-0.25, -0.2) is 8.78 Å². The Kier molecular flexibility index (Phi) is 7.41. The Morgan fingerprint density at radius 2 is 1.71 bits per heavy atom. The van der Waals surface area contributed by atoms with Gasteiger partial charge in [0.15, 0.2) is 6.29 Å². The average Bonchev–Trinajstić information content (AvgIpc) is 3.60. The maximum atomic E-state index is 13.6. The van der Waals surface area contributed by atoms with E-state index in [2.05, 4.69) is 4.90 Å². The lowest BCUT2D eigenvalue weighted by Crippen LogP contribution is -2.40. The van der Waals surface area contributed by atoms with Gasteiger partial charge >= 0.3 is 0 Å². The molecular formula is C31H34F2N2O3. The summed E-state index contributed by atoms with van der Waals surface area (Å²) in [5.41, 5.74) is 1.88. The zero-order valence-electron chi connectivity index (χ0n) is 21.5. The summed E-state index contributed by atoms with van der Waals surface area (Å²) in [7, 11) is 0. The Morgan fingerprint density at radius 1 is 0.947 bits per heavy atom. The summed E-state index contributed by atoms with van der Waals surface area (Å²) in [6.07, 6.45) is 1.01. The van der Waals surface area contributed by atoms with E-state index in [0.29, 0.717) is 24.6 Å². The molecule has 7 heteroatoms. The molecule has 4 unspecified atom stereocenters. The standard InChI is InChI=1S/C31H34F2N2O3/c32-16-28-20-37-31(38-28)29-19-35(30(36)25-6-5-21-3-1-2-4-24(21)15-25)18-26(29)17-34-13-11-23(12-14-34)22-7-9-27(33)10-8-22/h1-10,15,23,26,28-29,31H,11-14,16-20H2. The number of nitrogens with zero attached hydrogens (tertiary/aromatic N) is 2. The van der Waals surface area contributed by atoms with Gasteiger partial charge in [-0.05, 0) is 78.4 Å². The number of piperidine rings is 1. The fourth-order valence-corrected chi connectivity index (χ4v) is 6.36. The Balaban J connectivity index is 1.14. The molecule has 0 spiro atoms. The molecule has 3 aromatic carbocycles. The van der Waals surface area contributed by atoms with Gasteiger partial charge in [0.05, 0.1) is 6.61 Å². The summed E-state index contributed by atoms with van der Waals surface area (Å²) in [5.74, 6) is 0.408. The molecule has 0 aromatic heterocycles. The van der Waals surface area contributed by atoms with Crippen LogP contribution in [0.5, 0.6) is 0 Å². The van der Waals surface area contributed by atoms with Crippen molar-refractivity contribution in [1.82, 2.24) is 9.80 Å². The van der Waals surface area contributed by atoms with E-state index in [4.69, 9.17) is 9.47 Å². The molecule has 3 aliphatic rings. The Hall–Kier alpha value is -2.87. The summed E-state index contributed by atoms with van der Waals surface area (Å²) in [6, 6.07) is 20.8. The first kappa shape index (κ1) is 25.4. The van der Waals surface area contributed by atoms with Gasteiger partial charge in [-0.15, -0.1) is 0 Å². The quantitative estimate of drug-likeness (QED) is 0.445. The summed E-state index contributed by atoms with van der Waals surface area (Å²) in [4.78, 5) is 18.0. The van der Waals surface area contributed by atoms with Crippen molar-refractivity contribution < 1.29 is 23.0 Å². The average molecular weight is 521 g/mol. The predicted octanol–water partition coefficient (Wildman–Crippen LogP) is 5.26. The molecule has 3 heterocycles. The molecule has 1 amide bonds. The van der Waals surface area contributed by atoms with E-state index in [1.807, 2.05) is 59.5 Å². The van der Waals surface area contributed by atoms with Crippen LogP contribution in [0.3, 0.4) is 0 Å². The second kappa shape index (κ2) is 11.1. The Bertz CT molecular complexity index is 1260. The van der Waals surface area contributed by atoms with Gasteiger partial charge in [0.25, 0.3) is 5.91 Å². The number of carbonyl (C=O) groups is 1.